The first-order chi connectivity index (χ1) is 8.00. The second kappa shape index (κ2) is 5.22. The number of carbonyl (C=O) groups excluding carboxylic acids is 1. The zero-order chi connectivity index (χ0) is 12.6. The molecule has 0 fully saturated rings. The highest BCUT2D eigenvalue weighted by atomic mass is 79.9. The van der Waals surface area contributed by atoms with E-state index in [1.54, 1.807) is 12.1 Å². The standard InChI is InChI=1S/C12H7Br2ClOS/c1-6-5-9(17-12(6)14)11(16)7-3-2-4-8(13)10(7)15/h2-5H,1H3. The predicted molar refractivity (Wildman–Crippen MR) is 79.3 cm³/mol. The summed E-state index contributed by atoms with van der Waals surface area (Å²) < 4.78 is 1.71. The van der Waals surface area contributed by atoms with Gasteiger partial charge in [-0.05, 0) is 62.5 Å². The summed E-state index contributed by atoms with van der Waals surface area (Å²) in [7, 11) is 0. The minimum Gasteiger partial charge on any atom is -0.288 e. The first-order valence-electron chi connectivity index (χ1n) is 4.75. The third kappa shape index (κ3) is 2.65. The maximum Gasteiger partial charge on any atom is 0.204 e. The Labute approximate surface area is 125 Å². The fourth-order valence-electron chi connectivity index (χ4n) is 1.38. The smallest absolute Gasteiger partial charge is 0.204 e. The summed E-state index contributed by atoms with van der Waals surface area (Å²) >= 11 is 14.3. The molecule has 0 saturated carbocycles. The van der Waals surface area contributed by atoms with Crippen LogP contribution >= 0.6 is 54.8 Å². The van der Waals surface area contributed by atoms with Gasteiger partial charge in [0, 0.05) is 10.0 Å². The lowest BCUT2D eigenvalue weighted by Crippen LogP contribution is -1.99. The van der Waals surface area contributed by atoms with Crippen molar-refractivity contribution < 1.29 is 4.79 Å². The van der Waals surface area contributed by atoms with Crippen molar-refractivity contribution >= 4 is 60.6 Å². The number of benzene rings is 1. The Morgan fingerprint density at radius 1 is 1.35 bits per heavy atom. The molecule has 0 radical (unpaired) electrons. The predicted octanol–water partition coefficient (Wildman–Crippen LogP) is 5.47. The highest BCUT2D eigenvalue weighted by Crippen LogP contribution is 2.32. The van der Waals surface area contributed by atoms with Gasteiger partial charge >= 0.3 is 0 Å². The van der Waals surface area contributed by atoms with E-state index >= 15 is 0 Å². The number of rotatable bonds is 2. The molecule has 0 atom stereocenters. The van der Waals surface area contributed by atoms with Crippen LogP contribution in [0.4, 0.5) is 0 Å². The van der Waals surface area contributed by atoms with Gasteiger partial charge < -0.3 is 0 Å². The number of thiophene rings is 1. The molecule has 0 saturated heterocycles. The minimum absolute atomic E-state index is 0.0462. The van der Waals surface area contributed by atoms with E-state index in [-0.39, 0.29) is 5.78 Å². The minimum atomic E-state index is -0.0462. The largest absolute Gasteiger partial charge is 0.288 e. The first kappa shape index (κ1) is 13.3. The third-order valence-electron chi connectivity index (χ3n) is 2.28. The van der Waals surface area contributed by atoms with Crippen LogP contribution < -0.4 is 0 Å². The Morgan fingerprint density at radius 2 is 2.06 bits per heavy atom. The van der Waals surface area contributed by atoms with Crippen LogP contribution in [0.2, 0.25) is 5.02 Å². The average molecular weight is 395 g/mol. The number of carbonyl (C=O) groups is 1. The summed E-state index contributed by atoms with van der Waals surface area (Å²) in [6, 6.07) is 7.22. The Balaban J connectivity index is 2.47. The molecule has 0 spiro atoms. The fraction of sp³-hybridized carbons (Fsp3) is 0.0833. The summed E-state index contributed by atoms with van der Waals surface area (Å²) in [6.45, 7) is 1.96. The average Bonchev–Trinajstić information content (AvgIpc) is 2.62. The van der Waals surface area contributed by atoms with Gasteiger partial charge in [0.25, 0.3) is 0 Å². The normalized spacial score (nSPS) is 10.6. The van der Waals surface area contributed by atoms with Crippen molar-refractivity contribution in [3.63, 3.8) is 0 Å². The van der Waals surface area contributed by atoms with Crippen molar-refractivity contribution in [2.24, 2.45) is 0 Å². The van der Waals surface area contributed by atoms with Gasteiger partial charge in [-0.15, -0.1) is 11.3 Å². The lowest BCUT2D eigenvalue weighted by atomic mass is 10.1. The Hall–Kier alpha value is -0.160. The Morgan fingerprint density at radius 3 is 2.65 bits per heavy atom. The molecule has 0 aliphatic heterocycles. The molecule has 0 aliphatic rings. The molecule has 88 valence electrons. The topological polar surface area (TPSA) is 17.1 Å². The highest BCUT2D eigenvalue weighted by Gasteiger charge is 2.17. The van der Waals surface area contributed by atoms with E-state index in [1.807, 2.05) is 19.1 Å². The Kier molecular flexibility index (Phi) is 4.08. The molecule has 1 nitrogen and oxygen atoms in total. The second-order valence-electron chi connectivity index (χ2n) is 3.50. The van der Waals surface area contributed by atoms with E-state index in [4.69, 9.17) is 11.6 Å². The maximum absolute atomic E-state index is 12.3. The number of aryl methyl sites for hydroxylation is 1. The lowest BCUT2D eigenvalue weighted by molar-refractivity contribution is 0.104. The molecule has 0 unspecified atom stereocenters. The van der Waals surface area contributed by atoms with Crippen LogP contribution in [-0.4, -0.2) is 5.78 Å². The molecule has 1 aromatic heterocycles. The van der Waals surface area contributed by atoms with E-state index < -0.39 is 0 Å². The second-order valence-corrected chi connectivity index (χ2v) is 7.10. The van der Waals surface area contributed by atoms with E-state index in [2.05, 4.69) is 31.9 Å². The van der Waals surface area contributed by atoms with E-state index in [9.17, 15) is 4.79 Å². The van der Waals surface area contributed by atoms with Crippen LogP contribution in [0.15, 0.2) is 32.5 Å². The van der Waals surface area contributed by atoms with Crippen LogP contribution in [0.25, 0.3) is 0 Å². The fourth-order valence-corrected chi connectivity index (χ4v) is 3.45. The van der Waals surface area contributed by atoms with E-state index in [0.29, 0.717) is 15.5 Å². The van der Waals surface area contributed by atoms with Crippen LogP contribution in [0.1, 0.15) is 20.8 Å². The van der Waals surface area contributed by atoms with Crippen LogP contribution in [0.5, 0.6) is 0 Å². The Bertz CT molecular complexity index is 573. The molecule has 0 amide bonds. The molecule has 17 heavy (non-hydrogen) atoms. The van der Waals surface area contributed by atoms with Gasteiger partial charge in [-0.3, -0.25) is 4.79 Å². The van der Waals surface area contributed by atoms with E-state index in [1.165, 1.54) is 11.3 Å². The molecule has 5 heteroatoms. The van der Waals surface area contributed by atoms with Gasteiger partial charge in [0.2, 0.25) is 5.78 Å². The van der Waals surface area contributed by atoms with Gasteiger partial charge in [0.05, 0.1) is 13.7 Å². The number of halogens is 3. The molecule has 1 aromatic carbocycles. The van der Waals surface area contributed by atoms with Gasteiger partial charge in [0.1, 0.15) is 0 Å². The molecular formula is C12H7Br2ClOS. The number of ketones is 1. The van der Waals surface area contributed by atoms with Gasteiger partial charge in [-0.1, -0.05) is 17.7 Å². The summed E-state index contributed by atoms with van der Waals surface area (Å²) in [4.78, 5) is 13.0. The molecular weight excluding hydrogens is 387 g/mol. The number of hydrogen-bond acceptors (Lipinski definition) is 2. The molecule has 1 heterocycles. The molecule has 0 N–H and O–H groups in total. The SMILES string of the molecule is Cc1cc(C(=O)c2cccc(Br)c2Cl)sc1Br. The molecule has 0 aliphatic carbocycles. The quantitative estimate of drug-likeness (QED) is 0.618. The third-order valence-corrected chi connectivity index (χ3v) is 5.71. The summed E-state index contributed by atoms with van der Waals surface area (Å²) in [6.07, 6.45) is 0. The summed E-state index contributed by atoms with van der Waals surface area (Å²) in [5.74, 6) is -0.0462. The van der Waals surface area contributed by atoms with Crippen LogP contribution in [0, 0.1) is 6.92 Å². The first-order valence-corrected chi connectivity index (χ1v) is 7.53. The summed E-state index contributed by atoms with van der Waals surface area (Å²) in [5, 5.41) is 0.458. The van der Waals surface area contributed by atoms with Crippen LogP contribution in [0.3, 0.4) is 0 Å². The number of hydrogen-bond donors (Lipinski definition) is 0. The zero-order valence-electron chi connectivity index (χ0n) is 8.76. The van der Waals surface area contributed by atoms with Gasteiger partial charge in [-0.25, -0.2) is 0 Å². The van der Waals surface area contributed by atoms with Crippen molar-refractivity contribution in [2.45, 2.75) is 6.92 Å². The summed E-state index contributed by atoms with van der Waals surface area (Å²) in [5.41, 5.74) is 1.58. The molecule has 2 rings (SSSR count). The molecule has 2 aromatic rings. The van der Waals surface area contributed by atoms with Gasteiger partial charge in [-0.2, -0.15) is 0 Å². The highest BCUT2D eigenvalue weighted by molar-refractivity contribution is 9.11. The zero-order valence-corrected chi connectivity index (χ0v) is 13.5. The van der Waals surface area contributed by atoms with Crippen LogP contribution in [-0.2, 0) is 0 Å². The van der Waals surface area contributed by atoms with Crippen molar-refractivity contribution in [1.82, 2.24) is 0 Å². The monoisotopic (exact) mass is 392 g/mol. The lowest BCUT2D eigenvalue weighted by Gasteiger charge is -2.02. The molecule has 0 bridgehead atoms. The van der Waals surface area contributed by atoms with Crippen molar-refractivity contribution in [1.29, 1.82) is 0 Å². The van der Waals surface area contributed by atoms with Crippen molar-refractivity contribution in [3.05, 3.63) is 53.6 Å². The van der Waals surface area contributed by atoms with E-state index in [0.717, 1.165) is 13.8 Å². The van der Waals surface area contributed by atoms with Crippen molar-refractivity contribution in [2.75, 3.05) is 0 Å². The van der Waals surface area contributed by atoms with Crippen molar-refractivity contribution in [3.8, 4) is 0 Å². The maximum atomic E-state index is 12.3. The van der Waals surface area contributed by atoms with Gasteiger partial charge in [0.15, 0.2) is 0 Å².